The van der Waals surface area contributed by atoms with Gasteiger partial charge >= 0.3 is 5.97 Å². The molecule has 3 heterocycles. The lowest BCUT2D eigenvalue weighted by molar-refractivity contribution is -0.288. The minimum absolute atomic E-state index is 0.0287. The number of nitrogens with two attached hydrogens (primary N) is 2. The summed E-state index contributed by atoms with van der Waals surface area (Å²) in [5.41, 5.74) is 5.99. The highest BCUT2D eigenvalue weighted by Crippen LogP contribution is 2.38. The SMILES string of the molecule is C[C@@H]1[C@H](O)[C@@H](C)/C=C/C=C/C=C/C=C/C=C/C=C/C=C/[C@H](O[C@@H]2OC[C@@H](O)[C@H](N)[C@@H]2O)C[C@@H]2O[C@@](O)(CC[C@H]2C(=O)NCCS(N)(=O)=O)C[C@@H](O)C[C@@H](O)[C@H](O)CC[C@@H](O)C[C@@H](O)CC(=O)O[C@H]1C. The number of rotatable bonds is 6. The number of primary sulfonamides is 1. The molecule has 0 aromatic carbocycles. The second kappa shape index (κ2) is 29.8. The van der Waals surface area contributed by atoms with Gasteiger partial charge in [-0.15, -0.1) is 0 Å². The Morgan fingerprint density at radius 1 is 0.768 bits per heavy atom. The van der Waals surface area contributed by atoms with Crippen LogP contribution >= 0.6 is 0 Å². The summed E-state index contributed by atoms with van der Waals surface area (Å²) in [5, 5.41) is 105. The number of aliphatic hydroxyl groups is 9. The van der Waals surface area contributed by atoms with Gasteiger partial charge in [-0.25, -0.2) is 13.6 Å². The highest BCUT2D eigenvalue weighted by Gasteiger charge is 2.46. The largest absolute Gasteiger partial charge is 0.462 e. The quantitative estimate of drug-likeness (QED) is 0.152. The fourth-order valence-corrected chi connectivity index (χ4v) is 8.45. The molecular weight excluding hydrogens is 923 g/mol. The fourth-order valence-electron chi connectivity index (χ4n) is 8.07. The van der Waals surface area contributed by atoms with Crippen molar-refractivity contribution in [2.75, 3.05) is 18.9 Å². The van der Waals surface area contributed by atoms with Crippen molar-refractivity contribution in [1.82, 2.24) is 5.32 Å². The Bertz CT molecular complexity index is 1890. The summed E-state index contributed by atoms with van der Waals surface area (Å²) in [6.07, 6.45) is 7.67. The lowest BCUT2D eigenvalue weighted by Gasteiger charge is -2.43. The molecule has 0 unspecified atom stereocenters. The van der Waals surface area contributed by atoms with Crippen molar-refractivity contribution < 1.29 is 82.9 Å². The van der Waals surface area contributed by atoms with Crippen molar-refractivity contribution >= 4 is 21.9 Å². The van der Waals surface area contributed by atoms with E-state index in [-0.39, 0.29) is 57.6 Å². The molecule has 21 heteroatoms. The number of cyclic esters (lactones) is 1. The number of aliphatic hydroxyl groups excluding tert-OH is 8. The molecule has 0 aromatic rings. The predicted octanol–water partition coefficient (Wildman–Crippen LogP) is -0.327. The molecule has 3 rings (SSSR count). The molecular formula is C48H77N3O17S. The number of amides is 1. The van der Waals surface area contributed by atoms with Crippen LogP contribution in [0.1, 0.15) is 78.6 Å². The molecule has 1 amide bonds. The number of carbonyl (C=O) groups is 2. The number of carbonyl (C=O) groups excluding carboxylic acids is 2. The zero-order valence-electron chi connectivity index (χ0n) is 39.7. The van der Waals surface area contributed by atoms with Crippen LogP contribution in [0, 0.1) is 17.8 Å². The Hall–Kier alpha value is -3.49. The lowest BCUT2D eigenvalue weighted by Crippen LogP contribution is -2.58. The average Bonchev–Trinajstić information content (AvgIpc) is 3.26. The fraction of sp³-hybridized carbons (Fsp3) is 0.667. The molecule has 2 fully saturated rings. The van der Waals surface area contributed by atoms with E-state index in [1.54, 1.807) is 74.6 Å². The number of nitrogens with one attached hydrogen (secondary N) is 1. The predicted molar refractivity (Wildman–Crippen MR) is 254 cm³/mol. The van der Waals surface area contributed by atoms with E-state index in [1.807, 2.05) is 31.2 Å². The third-order valence-electron chi connectivity index (χ3n) is 12.4. The maximum atomic E-state index is 13.6. The first-order valence-electron chi connectivity index (χ1n) is 23.5. The topological polar surface area (TPSA) is 351 Å². The van der Waals surface area contributed by atoms with Crippen molar-refractivity contribution in [3.05, 3.63) is 85.1 Å². The zero-order valence-corrected chi connectivity index (χ0v) is 40.5. The summed E-state index contributed by atoms with van der Waals surface area (Å²) >= 11 is 0. The van der Waals surface area contributed by atoms with Crippen LogP contribution < -0.4 is 16.2 Å². The molecule has 14 N–H and O–H groups in total. The summed E-state index contributed by atoms with van der Waals surface area (Å²) < 4.78 is 46.5. The van der Waals surface area contributed by atoms with E-state index in [4.69, 9.17) is 29.8 Å². The highest BCUT2D eigenvalue weighted by molar-refractivity contribution is 7.89. The van der Waals surface area contributed by atoms with E-state index < -0.39 is 144 Å². The first-order valence-corrected chi connectivity index (χ1v) is 25.2. The molecule has 2 saturated heterocycles. The van der Waals surface area contributed by atoms with Gasteiger partial charge in [-0.3, -0.25) is 9.59 Å². The van der Waals surface area contributed by atoms with Gasteiger partial charge in [0.2, 0.25) is 15.9 Å². The Kier molecular flexibility index (Phi) is 25.8. The first kappa shape index (κ1) is 59.8. The Morgan fingerprint density at radius 2 is 1.36 bits per heavy atom. The molecule has 392 valence electrons. The molecule has 20 nitrogen and oxygen atoms in total. The summed E-state index contributed by atoms with van der Waals surface area (Å²) in [7, 11) is -3.93. The molecule has 0 radical (unpaired) electrons. The van der Waals surface area contributed by atoms with Gasteiger partial charge in [0.1, 0.15) is 12.2 Å². The van der Waals surface area contributed by atoms with Crippen LogP contribution in [-0.4, -0.2) is 170 Å². The number of sulfonamides is 1. The lowest BCUT2D eigenvalue weighted by atomic mass is 9.84. The van der Waals surface area contributed by atoms with Gasteiger partial charge < -0.3 is 76.0 Å². The van der Waals surface area contributed by atoms with Crippen LogP contribution in [0.15, 0.2) is 85.1 Å². The molecule has 3 aliphatic rings. The molecule has 0 aromatic heterocycles. The van der Waals surface area contributed by atoms with Crippen LogP contribution in [0.2, 0.25) is 0 Å². The molecule has 0 saturated carbocycles. The third kappa shape index (κ3) is 22.2. The molecule has 2 bridgehead atoms. The van der Waals surface area contributed by atoms with E-state index in [0.717, 1.165) is 0 Å². The zero-order chi connectivity index (χ0) is 51.3. The van der Waals surface area contributed by atoms with Crippen molar-refractivity contribution in [3.8, 4) is 0 Å². The Balaban J connectivity index is 1.89. The van der Waals surface area contributed by atoms with Gasteiger partial charge in [0, 0.05) is 44.1 Å². The second-order valence-electron chi connectivity index (χ2n) is 18.3. The van der Waals surface area contributed by atoms with E-state index in [2.05, 4.69) is 5.32 Å². The van der Waals surface area contributed by atoms with E-state index in [0.29, 0.717) is 0 Å². The summed E-state index contributed by atoms with van der Waals surface area (Å²) in [6, 6.07) is -1.12. The molecule has 3 aliphatic heterocycles. The number of hydrogen-bond donors (Lipinski definition) is 12. The number of hydrogen-bond acceptors (Lipinski definition) is 18. The van der Waals surface area contributed by atoms with Gasteiger partial charge in [-0.1, -0.05) is 98.9 Å². The number of fused-ring (bicyclic) bond motifs is 2. The monoisotopic (exact) mass is 999 g/mol. The smallest absolute Gasteiger partial charge is 0.308 e. The number of esters is 1. The highest BCUT2D eigenvalue weighted by atomic mass is 32.2. The van der Waals surface area contributed by atoms with Crippen LogP contribution in [0.25, 0.3) is 0 Å². The van der Waals surface area contributed by atoms with Crippen LogP contribution in [-0.2, 0) is 38.6 Å². The second-order valence-corrected chi connectivity index (χ2v) is 20.0. The van der Waals surface area contributed by atoms with Crippen LogP contribution in [0.4, 0.5) is 0 Å². The van der Waals surface area contributed by atoms with E-state index in [1.165, 1.54) is 0 Å². The molecule has 0 spiro atoms. The van der Waals surface area contributed by atoms with Crippen molar-refractivity contribution in [2.45, 2.75) is 164 Å². The van der Waals surface area contributed by atoms with Gasteiger partial charge in [-0.2, -0.15) is 0 Å². The Morgan fingerprint density at radius 3 is 1.97 bits per heavy atom. The minimum Gasteiger partial charge on any atom is -0.462 e. The number of allylic oxidation sites excluding steroid dienone is 12. The maximum Gasteiger partial charge on any atom is 0.308 e. The minimum atomic E-state index is -3.93. The summed E-state index contributed by atoms with van der Waals surface area (Å²) in [6.45, 7) is 4.65. The molecule has 17 atom stereocenters. The van der Waals surface area contributed by atoms with Crippen LogP contribution in [0.5, 0.6) is 0 Å². The van der Waals surface area contributed by atoms with Crippen molar-refractivity contribution in [3.63, 3.8) is 0 Å². The third-order valence-corrected chi connectivity index (χ3v) is 13.1. The maximum absolute atomic E-state index is 13.6. The average molecular weight is 1000 g/mol. The van der Waals surface area contributed by atoms with Crippen molar-refractivity contribution in [2.24, 2.45) is 28.6 Å². The van der Waals surface area contributed by atoms with Gasteiger partial charge in [0.05, 0.1) is 85.7 Å². The summed E-state index contributed by atoms with van der Waals surface area (Å²) in [5.74, 6) is -5.74. The van der Waals surface area contributed by atoms with Crippen LogP contribution in [0.3, 0.4) is 0 Å². The van der Waals surface area contributed by atoms with E-state index >= 15 is 0 Å². The summed E-state index contributed by atoms with van der Waals surface area (Å²) in [4.78, 5) is 26.2. The van der Waals surface area contributed by atoms with E-state index in [9.17, 15) is 64.0 Å². The Labute approximate surface area is 405 Å². The number of ether oxygens (including phenoxy) is 4. The van der Waals surface area contributed by atoms with Gasteiger partial charge in [0.25, 0.3) is 0 Å². The normalized spacial score (nSPS) is 41.6. The standard InChI is InChI=1S/C48H77N3O17S/c1-30-16-14-12-10-8-6-4-5-7-9-11-13-15-17-36(67-47-45(60)43(49)40(57)29-65-47)27-41-37(46(61)51-22-23-69(50,63)64)20-21-48(62,68-41)28-35(54)25-39(56)38(55)19-18-33(52)24-34(53)26-42(58)66-32(3)31(2)44(30)59/h4-17,30-41,43-45,47,52-57,59-60,62H,18-29,49H2,1-3H3,(H,51,61)(H2,50,63,64)/b5-4+,8-6+,9-7+,12-10+,13-11+,16-14+,17-15+/t30-,31-,32-,33+,34+,35-,36-,37+,38+,39+,40+,41-,43-,44+,45-,47-,48-/m0/s1. The van der Waals surface area contributed by atoms with Gasteiger partial charge in [-0.05, 0) is 32.6 Å². The van der Waals surface area contributed by atoms with Crippen molar-refractivity contribution in [1.29, 1.82) is 0 Å². The first-order chi connectivity index (χ1) is 32.5. The molecule has 69 heavy (non-hydrogen) atoms. The van der Waals surface area contributed by atoms with Gasteiger partial charge in [0.15, 0.2) is 12.1 Å². The molecule has 0 aliphatic carbocycles.